The van der Waals surface area contributed by atoms with Crippen LogP contribution in [-0.2, 0) is 10.8 Å². The molecule has 0 saturated heterocycles. The van der Waals surface area contributed by atoms with E-state index in [9.17, 15) is 6.48 Å². The molecule has 0 aliphatic rings. The Kier molecular flexibility index (Phi) is 8.58. The molecule has 4 heteroatoms. The van der Waals surface area contributed by atoms with E-state index in [0.29, 0.717) is 61.5 Å². The van der Waals surface area contributed by atoms with Crippen molar-refractivity contribution in [2.24, 2.45) is 0 Å². The first-order valence-corrected chi connectivity index (χ1v) is 23.2. The number of hydrogen-bond donors (Lipinski definition) is 1. The van der Waals surface area contributed by atoms with Crippen molar-refractivity contribution >= 4 is 11.0 Å². The molecule has 2 aromatic heterocycles. The lowest BCUT2D eigenvalue weighted by atomic mass is 9.83. The van der Waals surface area contributed by atoms with Gasteiger partial charge in [-0.25, -0.2) is 4.98 Å². The van der Waals surface area contributed by atoms with Gasteiger partial charge < -0.3 is 5.11 Å². The zero-order valence-corrected chi connectivity index (χ0v) is 40.4. The maximum Gasteiger partial charge on any atom is 0.149 e. The van der Waals surface area contributed by atoms with Crippen molar-refractivity contribution in [2.75, 3.05) is 0 Å². The van der Waals surface area contributed by atoms with Crippen LogP contribution < -0.4 is 0 Å². The molecule has 4 nitrogen and oxygen atoms in total. The highest BCUT2D eigenvalue weighted by atomic mass is 16.3. The number of imidazole rings is 1. The number of aryl methyl sites for hydroxylation is 1. The number of phenolic OH excluding ortho intramolecular Hbond substituents is 1. The van der Waals surface area contributed by atoms with Gasteiger partial charge in [0.25, 0.3) is 0 Å². The second kappa shape index (κ2) is 17.9. The van der Waals surface area contributed by atoms with Gasteiger partial charge in [-0.15, -0.1) is 0 Å². The van der Waals surface area contributed by atoms with Gasteiger partial charge in [0, 0.05) is 31.1 Å². The van der Waals surface area contributed by atoms with Crippen LogP contribution in [0.2, 0.25) is 0 Å². The van der Waals surface area contributed by atoms with Gasteiger partial charge in [-0.1, -0.05) is 178 Å². The van der Waals surface area contributed by atoms with Crippen molar-refractivity contribution in [1.82, 2.24) is 14.5 Å². The molecule has 0 fully saturated rings. The third-order valence-electron chi connectivity index (χ3n) is 12.8. The lowest BCUT2D eigenvalue weighted by molar-refractivity contribution is 0.466. The number of aromatic hydroxyl groups is 1. The van der Waals surface area contributed by atoms with Crippen LogP contribution in [0.1, 0.15) is 132 Å². The predicted molar refractivity (Wildman–Crippen MR) is 288 cm³/mol. The van der Waals surface area contributed by atoms with Gasteiger partial charge in [0.2, 0.25) is 0 Å². The highest BCUT2D eigenvalue weighted by molar-refractivity contribution is 5.98. The van der Waals surface area contributed by atoms with Crippen LogP contribution in [0.15, 0.2) is 158 Å². The Morgan fingerprint density at radius 2 is 1.28 bits per heavy atom. The van der Waals surface area contributed by atoms with Crippen LogP contribution in [0.3, 0.4) is 0 Å². The Labute approximate surface area is 422 Å². The summed E-state index contributed by atoms with van der Waals surface area (Å²) in [4.78, 5) is 10.0. The average molecular weight is 905 g/mol. The number of hydrogen-bond acceptors (Lipinski definition) is 3. The fraction of sp³-hybridized carbons (Fsp3) is 0.250. The Morgan fingerprint density at radius 3 is 1.94 bits per heavy atom. The second-order valence-corrected chi connectivity index (χ2v) is 20.4. The number of para-hydroxylation sites is 1. The molecule has 0 aliphatic heterocycles. The third kappa shape index (κ3) is 8.93. The number of aromatic nitrogens is 3. The maximum absolute atomic E-state index is 12.6. The van der Waals surface area contributed by atoms with E-state index in [4.69, 9.17) is 21.4 Å². The molecular weight excluding hydrogens is 827 g/mol. The Hall–Kier alpha value is -7.04. The molecule has 2 heterocycles. The summed E-state index contributed by atoms with van der Waals surface area (Å²) in [6.07, 6.45) is -0.608. The minimum Gasteiger partial charge on any atom is -0.507 e. The fourth-order valence-electron chi connectivity index (χ4n) is 8.76. The number of phenols is 1. The fourth-order valence-corrected chi connectivity index (χ4v) is 8.76. The zero-order chi connectivity index (χ0) is 59.3. The number of fused-ring (bicyclic) bond motifs is 1. The van der Waals surface area contributed by atoms with Crippen molar-refractivity contribution in [3.05, 3.63) is 191 Å². The van der Waals surface area contributed by atoms with Gasteiger partial charge in [-0.3, -0.25) is 9.55 Å². The molecule has 0 radical (unpaired) electrons. The number of rotatable bonds is 9. The van der Waals surface area contributed by atoms with Crippen LogP contribution in [-0.4, -0.2) is 19.6 Å². The molecule has 342 valence electrons. The molecule has 68 heavy (non-hydrogen) atoms. The molecule has 0 spiro atoms. The van der Waals surface area contributed by atoms with Crippen molar-refractivity contribution in [1.29, 1.82) is 0 Å². The molecule has 9 aromatic rings. The third-order valence-corrected chi connectivity index (χ3v) is 12.8. The average Bonchev–Trinajstić information content (AvgIpc) is 2.84. The molecule has 0 bridgehead atoms. The van der Waals surface area contributed by atoms with E-state index in [1.54, 1.807) is 12.1 Å². The van der Waals surface area contributed by atoms with E-state index in [1.165, 1.54) is 0 Å². The molecule has 0 unspecified atom stereocenters. The molecule has 0 aliphatic carbocycles. The molecule has 1 N–H and O–H groups in total. The smallest absolute Gasteiger partial charge is 0.149 e. The van der Waals surface area contributed by atoms with Gasteiger partial charge in [-0.05, 0) is 146 Å². The summed E-state index contributed by atoms with van der Waals surface area (Å²) in [5.41, 5.74) is 7.43. The Balaban J connectivity index is 1.41. The number of benzene rings is 7. The first-order chi connectivity index (χ1) is 37.7. The second-order valence-electron chi connectivity index (χ2n) is 20.4. The standard InChI is InChI=1S/C64H65N3O/c1-39(2)47-35-53(40(3)4)61(68)56(36-47)62-66-60-52(48-32-49(34-51(33-48)64(10,11)12)57-37-46(29-30-65-57)43-23-21-41(5)22-24-43)19-16-20-58(60)67(62)59-31-42(6)54(44-17-14-13-15-18-44)38-55(59)45-25-27-50(28-26-45)63(7,8)9/h13-40,68H,1-12H3/i5D3,6D3,21D,22D,23D,24D,29D,30D,37D. The topological polar surface area (TPSA) is 50.9 Å². The minimum atomic E-state index is -3.00. The predicted octanol–water partition coefficient (Wildman–Crippen LogP) is 17.6. The summed E-state index contributed by atoms with van der Waals surface area (Å²) < 4.78 is 116. The van der Waals surface area contributed by atoms with Crippen LogP contribution in [0, 0.1) is 13.7 Å². The van der Waals surface area contributed by atoms with Gasteiger partial charge in [0.15, 0.2) is 0 Å². The summed E-state index contributed by atoms with van der Waals surface area (Å²) in [5.74, 6) is 0.317. The minimum absolute atomic E-state index is 0.0289. The van der Waals surface area contributed by atoms with Gasteiger partial charge >= 0.3 is 0 Å². The number of pyridine rings is 1. The summed E-state index contributed by atoms with van der Waals surface area (Å²) in [6, 6.07) is 32.3. The molecule has 0 atom stereocenters. The van der Waals surface area contributed by atoms with Crippen LogP contribution in [0.5, 0.6) is 5.75 Å². The van der Waals surface area contributed by atoms with Gasteiger partial charge in [0.05, 0.1) is 37.6 Å². The van der Waals surface area contributed by atoms with E-state index < -0.39 is 78.2 Å². The van der Waals surface area contributed by atoms with E-state index in [2.05, 4.69) is 63.9 Å². The van der Waals surface area contributed by atoms with Crippen LogP contribution >= 0.6 is 0 Å². The van der Waals surface area contributed by atoms with Gasteiger partial charge in [0.1, 0.15) is 11.6 Å². The molecule has 9 rings (SSSR count). The SMILES string of the molecule is [2H]c1nc(-c2cc(-c3cccc4c3nc(-c3cc(C(C)C)cc(C(C)C)c3O)n4-c3cc(C([2H])([2H])[2H])c(-c4ccccc4)cc3-c3ccc(C(C)(C)C)cc3)cc(C(C)(C)C)c2)c([2H])c(-c2c([2H])c([2H])c(C([2H])([2H])[2H])c([2H])c2[2H])c1[2H]. The van der Waals surface area contributed by atoms with E-state index in [0.717, 1.165) is 27.8 Å². The first-order valence-electron chi connectivity index (χ1n) is 29.7. The van der Waals surface area contributed by atoms with Crippen molar-refractivity contribution in [3.8, 4) is 78.6 Å². The lowest BCUT2D eigenvalue weighted by Gasteiger charge is -2.22. The zero-order valence-electron chi connectivity index (χ0n) is 53.4. The normalized spacial score (nSPS) is 15.3. The lowest BCUT2D eigenvalue weighted by Crippen LogP contribution is -2.11. The molecular formula is C64H65N3O. The highest BCUT2D eigenvalue weighted by Gasteiger charge is 2.27. The van der Waals surface area contributed by atoms with E-state index in [-0.39, 0.29) is 34.3 Å². The molecule has 0 saturated carbocycles. The maximum atomic E-state index is 12.6. The quantitative estimate of drug-likeness (QED) is 0.157. The van der Waals surface area contributed by atoms with Crippen molar-refractivity contribution in [2.45, 2.75) is 106 Å². The Bertz CT molecular complexity index is 3930. The molecule has 0 amide bonds. The van der Waals surface area contributed by atoms with Gasteiger partial charge in [-0.2, -0.15) is 0 Å². The van der Waals surface area contributed by atoms with E-state index >= 15 is 0 Å². The Morgan fingerprint density at radius 1 is 0.574 bits per heavy atom. The highest BCUT2D eigenvalue weighted by Crippen LogP contribution is 2.46. The largest absolute Gasteiger partial charge is 0.507 e. The van der Waals surface area contributed by atoms with E-state index in [1.807, 2.05) is 118 Å². The number of nitrogens with zero attached hydrogens (tertiary/aromatic N) is 3. The van der Waals surface area contributed by atoms with Crippen LogP contribution in [0.25, 0.3) is 83.9 Å². The monoisotopic (exact) mass is 905 g/mol. The van der Waals surface area contributed by atoms with Crippen molar-refractivity contribution < 1.29 is 22.9 Å². The summed E-state index contributed by atoms with van der Waals surface area (Å²) in [6.45, 7) is 15.1. The summed E-state index contributed by atoms with van der Waals surface area (Å²) in [7, 11) is 0. The van der Waals surface area contributed by atoms with Crippen LogP contribution in [0.4, 0.5) is 0 Å². The molecule has 7 aromatic carbocycles. The van der Waals surface area contributed by atoms with Crippen molar-refractivity contribution in [3.63, 3.8) is 0 Å². The summed E-state index contributed by atoms with van der Waals surface area (Å²) >= 11 is 0. The first kappa shape index (κ1) is 32.6. The summed E-state index contributed by atoms with van der Waals surface area (Å²) in [5, 5.41) is 12.6.